The van der Waals surface area contributed by atoms with Crippen molar-refractivity contribution in [1.29, 1.82) is 0 Å². The predicted octanol–water partition coefficient (Wildman–Crippen LogP) is 2.02. The lowest BCUT2D eigenvalue weighted by Gasteiger charge is -2.20. The number of ether oxygens (including phenoxy) is 1. The summed E-state index contributed by atoms with van der Waals surface area (Å²) in [6, 6.07) is 3.37. The Labute approximate surface area is 145 Å². The maximum Gasteiger partial charge on any atom is 0.320 e. The molecule has 0 heterocycles. The minimum atomic E-state index is -0.972. The number of nitrogens with one attached hydrogen (secondary N) is 2. The maximum absolute atomic E-state index is 12.0. The number of nitrogens with zero attached hydrogens (tertiary/aromatic N) is 1. The van der Waals surface area contributed by atoms with Gasteiger partial charge in [-0.1, -0.05) is 20.3 Å². The number of rotatable bonds is 10. The topological polar surface area (TPSA) is 131 Å². The van der Waals surface area contributed by atoms with Gasteiger partial charge in [-0.05, 0) is 18.1 Å². The van der Waals surface area contributed by atoms with Crippen LogP contribution in [-0.4, -0.2) is 41.6 Å². The zero-order valence-corrected chi connectivity index (χ0v) is 14.4. The third-order valence-corrected chi connectivity index (χ3v) is 3.87. The van der Waals surface area contributed by atoms with E-state index in [1.54, 1.807) is 0 Å². The van der Waals surface area contributed by atoms with Crippen molar-refractivity contribution in [3.8, 4) is 5.75 Å². The summed E-state index contributed by atoms with van der Waals surface area (Å²) < 4.78 is 4.93. The normalized spacial score (nSPS) is 12.9. The first-order valence-electron chi connectivity index (χ1n) is 7.88. The van der Waals surface area contributed by atoms with Gasteiger partial charge in [0, 0.05) is 13.0 Å². The van der Waals surface area contributed by atoms with Crippen molar-refractivity contribution in [2.75, 3.05) is 19.0 Å². The predicted molar refractivity (Wildman–Crippen MR) is 91.8 cm³/mol. The first kappa shape index (κ1) is 20.4. The van der Waals surface area contributed by atoms with Crippen LogP contribution in [0.2, 0.25) is 0 Å². The fourth-order valence-electron chi connectivity index (χ4n) is 2.22. The molecule has 0 radical (unpaired) electrons. The largest absolute Gasteiger partial charge is 0.496 e. The summed E-state index contributed by atoms with van der Waals surface area (Å²) in [4.78, 5) is 33.6. The number of methoxy groups -OCH3 is 1. The number of nitro benzene ring substituents is 1. The number of anilines is 1. The number of carbonyl (C=O) groups excluding carboxylic acids is 1. The Bertz CT molecular complexity index is 634. The highest BCUT2D eigenvalue weighted by atomic mass is 16.6. The highest BCUT2D eigenvalue weighted by molar-refractivity contribution is 5.93. The van der Waals surface area contributed by atoms with E-state index in [2.05, 4.69) is 10.6 Å². The molecule has 0 fully saturated rings. The second kappa shape index (κ2) is 9.58. The van der Waals surface area contributed by atoms with Gasteiger partial charge in [-0.2, -0.15) is 0 Å². The Balaban J connectivity index is 2.65. The molecule has 1 aromatic rings. The standard InChI is InChI=1S/C16H23N3O6/c1-4-10(2)15(16(21)22)17-8-7-14(20)18-12-6-5-11(25-3)9-13(12)19(23)24/h5-6,9-10,15,17H,4,7-8H2,1-3H3,(H,18,20)(H,21,22)/t10-,15-/m0/s1. The van der Waals surface area contributed by atoms with Gasteiger partial charge in [0.25, 0.3) is 5.69 Å². The van der Waals surface area contributed by atoms with Gasteiger partial charge in [0.05, 0.1) is 18.1 Å². The summed E-state index contributed by atoms with van der Waals surface area (Å²) in [5.41, 5.74) is -0.212. The fourth-order valence-corrected chi connectivity index (χ4v) is 2.22. The highest BCUT2D eigenvalue weighted by Crippen LogP contribution is 2.28. The van der Waals surface area contributed by atoms with E-state index in [1.165, 1.54) is 25.3 Å². The van der Waals surface area contributed by atoms with Gasteiger partial charge < -0.3 is 20.5 Å². The van der Waals surface area contributed by atoms with Crippen LogP contribution in [0, 0.1) is 16.0 Å². The van der Waals surface area contributed by atoms with Crippen molar-refractivity contribution in [3.63, 3.8) is 0 Å². The molecule has 138 valence electrons. The molecule has 0 aliphatic rings. The second-order valence-corrected chi connectivity index (χ2v) is 5.59. The van der Waals surface area contributed by atoms with E-state index in [9.17, 15) is 24.8 Å². The lowest BCUT2D eigenvalue weighted by atomic mass is 9.99. The van der Waals surface area contributed by atoms with Crippen LogP contribution in [-0.2, 0) is 9.59 Å². The van der Waals surface area contributed by atoms with Gasteiger partial charge in [-0.3, -0.25) is 19.7 Å². The summed E-state index contributed by atoms with van der Waals surface area (Å²) in [5.74, 6) is -1.19. The van der Waals surface area contributed by atoms with E-state index >= 15 is 0 Å². The SMILES string of the molecule is CC[C@H](C)[C@H](NCCC(=O)Nc1ccc(OC)cc1[N+](=O)[O-])C(=O)O. The quantitative estimate of drug-likeness (QED) is 0.433. The maximum atomic E-state index is 12.0. The van der Waals surface area contributed by atoms with Gasteiger partial charge in [-0.15, -0.1) is 0 Å². The fraction of sp³-hybridized carbons (Fsp3) is 0.500. The number of nitro groups is 1. The molecule has 2 atom stereocenters. The van der Waals surface area contributed by atoms with E-state index in [0.717, 1.165) is 0 Å². The molecular weight excluding hydrogens is 330 g/mol. The van der Waals surface area contributed by atoms with E-state index < -0.39 is 22.8 Å². The smallest absolute Gasteiger partial charge is 0.320 e. The van der Waals surface area contributed by atoms with Crippen molar-refractivity contribution in [1.82, 2.24) is 5.32 Å². The van der Waals surface area contributed by atoms with Crippen molar-refractivity contribution >= 4 is 23.3 Å². The van der Waals surface area contributed by atoms with Crippen LogP contribution < -0.4 is 15.4 Å². The molecular formula is C16H23N3O6. The minimum absolute atomic E-state index is 0.0105. The Hall–Kier alpha value is -2.68. The summed E-state index contributed by atoms with van der Waals surface area (Å²) in [5, 5.41) is 25.5. The molecule has 0 aromatic heterocycles. The van der Waals surface area contributed by atoms with Crippen LogP contribution in [0.15, 0.2) is 18.2 Å². The number of aliphatic carboxylic acids is 1. The molecule has 1 rings (SSSR count). The van der Waals surface area contributed by atoms with Gasteiger partial charge in [0.1, 0.15) is 17.5 Å². The lowest BCUT2D eigenvalue weighted by Crippen LogP contribution is -2.42. The third kappa shape index (κ3) is 6.03. The molecule has 3 N–H and O–H groups in total. The number of carboxylic acid groups (broad SMARTS) is 1. The van der Waals surface area contributed by atoms with Crippen LogP contribution >= 0.6 is 0 Å². The van der Waals surface area contributed by atoms with E-state index in [4.69, 9.17) is 4.74 Å². The average molecular weight is 353 g/mol. The molecule has 0 saturated carbocycles. The van der Waals surface area contributed by atoms with Crippen molar-refractivity contribution in [2.45, 2.75) is 32.7 Å². The van der Waals surface area contributed by atoms with E-state index in [-0.39, 0.29) is 30.3 Å². The molecule has 0 bridgehead atoms. The summed E-state index contributed by atoms with van der Waals surface area (Å²) in [6.45, 7) is 3.85. The number of carbonyl (C=O) groups is 2. The molecule has 0 saturated heterocycles. The van der Waals surface area contributed by atoms with Crippen LogP contribution in [0.3, 0.4) is 0 Å². The Kier molecular flexibility index (Phi) is 7.80. The number of benzene rings is 1. The minimum Gasteiger partial charge on any atom is -0.496 e. The summed E-state index contributed by atoms with van der Waals surface area (Å²) in [6.07, 6.45) is 0.678. The molecule has 0 unspecified atom stereocenters. The number of amides is 1. The van der Waals surface area contributed by atoms with Crippen molar-refractivity contribution in [3.05, 3.63) is 28.3 Å². The van der Waals surface area contributed by atoms with Gasteiger partial charge in [-0.25, -0.2) is 0 Å². The lowest BCUT2D eigenvalue weighted by molar-refractivity contribution is -0.384. The zero-order valence-electron chi connectivity index (χ0n) is 14.4. The van der Waals surface area contributed by atoms with Crippen molar-refractivity contribution < 1.29 is 24.4 Å². The van der Waals surface area contributed by atoms with Crippen molar-refractivity contribution in [2.24, 2.45) is 5.92 Å². The van der Waals surface area contributed by atoms with Crippen LogP contribution in [0.4, 0.5) is 11.4 Å². The van der Waals surface area contributed by atoms with E-state index in [0.29, 0.717) is 12.2 Å². The molecule has 0 spiro atoms. The number of hydrogen-bond acceptors (Lipinski definition) is 6. The van der Waals surface area contributed by atoms with Crippen LogP contribution in [0.25, 0.3) is 0 Å². The first-order chi connectivity index (χ1) is 11.8. The van der Waals surface area contributed by atoms with Gasteiger partial charge in [0.2, 0.25) is 5.91 Å². The monoisotopic (exact) mass is 353 g/mol. The summed E-state index contributed by atoms with van der Waals surface area (Å²) in [7, 11) is 1.39. The highest BCUT2D eigenvalue weighted by Gasteiger charge is 2.23. The summed E-state index contributed by atoms with van der Waals surface area (Å²) >= 11 is 0. The third-order valence-electron chi connectivity index (χ3n) is 3.87. The Morgan fingerprint density at radius 1 is 1.40 bits per heavy atom. The molecule has 0 aliphatic heterocycles. The average Bonchev–Trinajstić information content (AvgIpc) is 2.57. The van der Waals surface area contributed by atoms with Crippen LogP contribution in [0.5, 0.6) is 5.75 Å². The molecule has 9 nitrogen and oxygen atoms in total. The molecule has 0 aliphatic carbocycles. The van der Waals surface area contributed by atoms with Gasteiger partial charge in [0.15, 0.2) is 0 Å². The molecule has 25 heavy (non-hydrogen) atoms. The van der Waals surface area contributed by atoms with E-state index in [1.807, 2.05) is 13.8 Å². The second-order valence-electron chi connectivity index (χ2n) is 5.59. The Morgan fingerprint density at radius 2 is 2.08 bits per heavy atom. The molecule has 9 heteroatoms. The zero-order chi connectivity index (χ0) is 19.0. The molecule has 1 amide bonds. The Morgan fingerprint density at radius 3 is 2.60 bits per heavy atom. The van der Waals surface area contributed by atoms with Gasteiger partial charge >= 0.3 is 5.97 Å². The number of hydrogen-bond donors (Lipinski definition) is 3. The van der Waals surface area contributed by atoms with Crippen LogP contribution in [0.1, 0.15) is 26.7 Å². The molecule has 1 aromatic carbocycles. The first-order valence-corrected chi connectivity index (χ1v) is 7.88. The number of carboxylic acids is 1.